The number of aryl methyl sites for hydroxylation is 1. The molecule has 0 bridgehead atoms. The first-order chi connectivity index (χ1) is 13.1. The summed E-state index contributed by atoms with van der Waals surface area (Å²) in [6, 6.07) is 10.8. The summed E-state index contributed by atoms with van der Waals surface area (Å²) in [5.41, 5.74) is 2.21. The number of amides is 1. The molecule has 0 fully saturated rings. The molecule has 0 radical (unpaired) electrons. The van der Waals surface area contributed by atoms with Crippen molar-refractivity contribution in [3.05, 3.63) is 71.2 Å². The lowest BCUT2D eigenvalue weighted by molar-refractivity contribution is 0.0904. The van der Waals surface area contributed by atoms with E-state index >= 15 is 0 Å². The van der Waals surface area contributed by atoms with Gasteiger partial charge in [-0.3, -0.25) is 4.79 Å². The minimum atomic E-state index is -0.479. The predicted octanol–water partition coefficient (Wildman–Crippen LogP) is 3.41. The van der Waals surface area contributed by atoms with Gasteiger partial charge < -0.3 is 14.3 Å². The fourth-order valence-electron chi connectivity index (χ4n) is 2.49. The molecular weight excluding hydrogens is 370 g/mol. The van der Waals surface area contributed by atoms with Crippen LogP contribution in [0.5, 0.6) is 0 Å². The molecule has 136 valence electrons. The highest BCUT2D eigenvalue weighted by molar-refractivity contribution is 6.30. The molecule has 0 aliphatic rings. The fourth-order valence-corrected chi connectivity index (χ4v) is 2.61. The van der Waals surface area contributed by atoms with E-state index in [0.717, 1.165) is 5.69 Å². The van der Waals surface area contributed by atoms with E-state index in [2.05, 4.69) is 20.6 Å². The van der Waals surface area contributed by atoms with Crippen LogP contribution >= 0.6 is 11.6 Å². The van der Waals surface area contributed by atoms with E-state index in [4.69, 9.17) is 20.5 Å². The lowest BCUT2D eigenvalue weighted by atomic mass is 10.2. The fraction of sp³-hybridized carbons (Fsp3) is 0.111. The van der Waals surface area contributed by atoms with Gasteiger partial charge in [-0.25, -0.2) is 4.68 Å². The normalized spacial score (nSPS) is 10.9. The zero-order chi connectivity index (χ0) is 18.8. The maximum Gasteiger partial charge on any atom is 0.316 e. The monoisotopic (exact) mass is 383 g/mol. The lowest BCUT2D eigenvalue weighted by Gasteiger charge is -2.00. The predicted molar refractivity (Wildman–Crippen MR) is 96.5 cm³/mol. The highest BCUT2D eigenvalue weighted by atomic mass is 35.5. The maximum atomic E-state index is 12.1. The summed E-state index contributed by atoms with van der Waals surface area (Å²) < 4.78 is 11.9. The van der Waals surface area contributed by atoms with Crippen molar-refractivity contribution >= 4 is 17.5 Å². The highest BCUT2D eigenvalue weighted by Crippen LogP contribution is 2.22. The van der Waals surface area contributed by atoms with Crippen LogP contribution < -0.4 is 5.32 Å². The van der Waals surface area contributed by atoms with E-state index in [1.54, 1.807) is 35.1 Å². The molecule has 9 heteroatoms. The first-order valence-electron chi connectivity index (χ1n) is 8.07. The molecule has 8 nitrogen and oxygen atoms in total. The van der Waals surface area contributed by atoms with Crippen molar-refractivity contribution in [1.82, 2.24) is 25.2 Å². The molecule has 0 saturated carbocycles. The van der Waals surface area contributed by atoms with Gasteiger partial charge in [0.15, 0.2) is 0 Å². The Morgan fingerprint density at radius 1 is 1.26 bits per heavy atom. The van der Waals surface area contributed by atoms with Crippen LogP contribution in [0.4, 0.5) is 0 Å². The summed E-state index contributed by atoms with van der Waals surface area (Å²) >= 11 is 5.92. The van der Waals surface area contributed by atoms with Crippen LogP contribution in [0, 0.1) is 6.92 Å². The third-order valence-electron chi connectivity index (χ3n) is 3.85. The van der Waals surface area contributed by atoms with Crippen molar-refractivity contribution in [1.29, 1.82) is 0 Å². The average Bonchev–Trinajstić information content (AvgIpc) is 3.41. The topological polar surface area (TPSA) is 99.0 Å². The summed E-state index contributed by atoms with van der Waals surface area (Å²) in [5.74, 6) is 0.308. The number of carbonyl (C=O) groups excluding carboxylic acids is 1. The second-order valence-electron chi connectivity index (χ2n) is 5.73. The van der Waals surface area contributed by atoms with Gasteiger partial charge in [-0.2, -0.15) is 10.1 Å². The van der Waals surface area contributed by atoms with Crippen molar-refractivity contribution in [2.24, 2.45) is 0 Å². The number of furan rings is 1. The van der Waals surface area contributed by atoms with E-state index in [1.807, 2.05) is 19.1 Å². The number of nitrogens with zero attached hydrogens (tertiary/aromatic N) is 4. The van der Waals surface area contributed by atoms with Crippen molar-refractivity contribution in [3.63, 3.8) is 0 Å². The van der Waals surface area contributed by atoms with Crippen molar-refractivity contribution in [2.45, 2.75) is 13.5 Å². The smallest absolute Gasteiger partial charge is 0.316 e. The molecule has 27 heavy (non-hydrogen) atoms. The van der Waals surface area contributed by atoms with Crippen LogP contribution in [0.25, 0.3) is 17.1 Å². The summed E-state index contributed by atoms with van der Waals surface area (Å²) in [4.78, 5) is 16.3. The second-order valence-corrected chi connectivity index (χ2v) is 6.17. The van der Waals surface area contributed by atoms with Gasteiger partial charge in [0.05, 0.1) is 29.8 Å². The summed E-state index contributed by atoms with van der Waals surface area (Å²) in [5, 5.41) is 11.6. The van der Waals surface area contributed by atoms with E-state index in [-0.39, 0.29) is 18.3 Å². The average molecular weight is 384 g/mol. The number of carbonyl (C=O) groups is 1. The Labute approximate surface area is 158 Å². The third kappa shape index (κ3) is 3.61. The number of nitrogens with one attached hydrogen (secondary N) is 1. The van der Waals surface area contributed by atoms with Crippen LogP contribution in [-0.2, 0) is 6.54 Å². The number of aromatic nitrogens is 4. The third-order valence-corrected chi connectivity index (χ3v) is 4.11. The van der Waals surface area contributed by atoms with Gasteiger partial charge in [0.25, 0.3) is 0 Å². The Balaban J connectivity index is 1.52. The Kier molecular flexibility index (Phi) is 4.47. The van der Waals surface area contributed by atoms with Crippen molar-refractivity contribution in [2.75, 3.05) is 0 Å². The SMILES string of the molecule is Cc1nn(-c2ccc(Cl)cc2)cc1-c1noc(C(=O)NCc2ccco2)n1. The standard InChI is InChI=1S/C18H14ClN5O3/c1-11-15(10-24(22-11)13-6-4-12(19)5-7-13)16-21-18(27-23-16)17(25)20-9-14-3-2-8-26-14/h2-8,10H,9H2,1H3,(H,20,25). The molecule has 0 atom stereocenters. The molecule has 1 aromatic carbocycles. The van der Waals surface area contributed by atoms with Gasteiger partial charge >= 0.3 is 11.8 Å². The molecule has 0 saturated heterocycles. The molecule has 3 aromatic heterocycles. The Morgan fingerprint density at radius 2 is 2.07 bits per heavy atom. The van der Waals surface area contributed by atoms with Crippen LogP contribution in [0.2, 0.25) is 5.02 Å². The van der Waals surface area contributed by atoms with E-state index in [0.29, 0.717) is 22.0 Å². The Hall–Kier alpha value is -3.39. The van der Waals surface area contributed by atoms with Crippen LogP contribution in [0.15, 0.2) is 57.8 Å². The summed E-state index contributed by atoms with van der Waals surface area (Å²) in [6.07, 6.45) is 3.31. The Morgan fingerprint density at radius 3 is 2.81 bits per heavy atom. The molecule has 4 rings (SSSR count). The second kappa shape index (κ2) is 7.08. The molecular formula is C18H14ClN5O3. The van der Waals surface area contributed by atoms with Crippen LogP contribution in [0.3, 0.4) is 0 Å². The number of hydrogen-bond donors (Lipinski definition) is 1. The molecule has 4 aromatic rings. The van der Waals surface area contributed by atoms with Crippen LogP contribution in [-0.4, -0.2) is 25.8 Å². The van der Waals surface area contributed by atoms with Gasteiger partial charge in [0, 0.05) is 11.2 Å². The van der Waals surface area contributed by atoms with Gasteiger partial charge in [-0.15, -0.1) is 0 Å². The van der Waals surface area contributed by atoms with E-state index in [9.17, 15) is 4.79 Å². The first kappa shape index (κ1) is 17.0. The van der Waals surface area contributed by atoms with Gasteiger partial charge in [0.1, 0.15) is 5.76 Å². The molecule has 0 spiro atoms. The summed E-state index contributed by atoms with van der Waals surface area (Å²) in [6.45, 7) is 2.06. The number of benzene rings is 1. The molecule has 3 heterocycles. The molecule has 0 aliphatic carbocycles. The van der Waals surface area contributed by atoms with Gasteiger partial charge in [-0.05, 0) is 43.3 Å². The minimum absolute atomic E-state index is 0.129. The quantitative estimate of drug-likeness (QED) is 0.567. The van der Waals surface area contributed by atoms with Crippen LogP contribution in [0.1, 0.15) is 22.1 Å². The molecule has 1 amide bonds. The summed E-state index contributed by atoms with van der Waals surface area (Å²) in [7, 11) is 0. The minimum Gasteiger partial charge on any atom is -0.467 e. The first-order valence-corrected chi connectivity index (χ1v) is 8.45. The lowest BCUT2D eigenvalue weighted by Crippen LogP contribution is -2.22. The van der Waals surface area contributed by atoms with E-state index < -0.39 is 5.91 Å². The maximum absolute atomic E-state index is 12.1. The largest absolute Gasteiger partial charge is 0.467 e. The van der Waals surface area contributed by atoms with Crippen molar-refractivity contribution in [3.8, 4) is 17.1 Å². The number of halogens is 1. The highest BCUT2D eigenvalue weighted by Gasteiger charge is 2.19. The molecule has 0 unspecified atom stereocenters. The number of hydrogen-bond acceptors (Lipinski definition) is 6. The zero-order valence-electron chi connectivity index (χ0n) is 14.2. The molecule has 1 N–H and O–H groups in total. The van der Waals surface area contributed by atoms with Crippen molar-refractivity contribution < 1.29 is 13.7 Å². The Bertz CT molecular complexity index is 1070. The van der Waals surface area contributed by atoms with Gasteiger partial charge in [0.2, 0.25) is 5.82 Å². The van der Waals surface area contributed by atoms with E-state index in [1.165, 1.54) is 6.26 Å². The van der Waals surface area contributed by atoms with Gasteiger partial charge in [-0.1, -0.05) is 16.8 Å². The zero-order valence-corrected chi connectivity index (χ0v) is 15.0. The number of rotatable bonds is 5. The molecule has 0 aliphatic heterocycles.